The van der Waals surface area contributed by atoms with Gasteiger partial charge in [0.1, 0.15) is 12.1 Å². The van der Waals surface area contributed by atoms with Crippen LogP contribution in [0.1, 0.15) is 15.9 Å². The number of aromatic nitrogens is 2. The van der Waals surface area contributed by atoms with Crippen LogP contribution in [0.3, 0.4) is 0 Å². The van der Waals surface area contributed by atoms with Crippen LogP contribution in [0.2, 0.25) is 0 Å². The van der Waals surface area contributed by atoms with Crippen LogP contribution in [-0.2, 0) is 6.18 Å². The highest BCUT2D eigenvalue weighted by molar-refractivity contribution is 6.08. The average molecular weight is 409 g/mol. The molecule has 0 fully saturated rings. The van der Waals surface area contributed by atoms with Crippen LogP contribution in [-0.4, -0.2) is 22.5 Å². The summed E-state index contributed by atoms with van der Waals surface area (Å²) in [7, 11) is 0. The number of para-hydroxylation sites is 1. The standard InChI is InChI=1S/C19H12F5N3O2/c20-18(21)29-15-7-2-1-6-13(15)16-14(9-25-10-26-16)17(28)27-12-5-3-4-11(8-12)19(22,23)24/h1-10,18H,(H,27,28). The summed E-state index contributed by atoms with van der Waals surface area (Å²) in [6, 6.07) is 9.76. The number of amides is 1. The fourth-order valence-electron chi connectivity index (χ4n) is 2.54. The lowest BCUT2D eigenvalue weighted by atomic mass is 10.1. The number of benzene rings is 2. The van der Waals surface area contributed by atoms with E-state index in [1.165, 1.54) is 30.3 Å². The minimum Gasteiger partial charge on any atom is -0.434 e. The van der Waals surface area contributed by atoms with Gasteiger partial charge in [-0.2, -0.15) is 22.0 Å². The van der Waals surface area contributed by atoms with Crippen molar-refractivity contribution in [2.24, 2.45) is 0 Å². The van der Waals surface area contributed by atoms with Gasteiger partial charge in [0.15, 0.2) is 0 Å². The molecule has 1 amide bonds. The molecule has 0 unspecified atom stereocenters. The van der Waals surface area contributed by atoms with Gasteiger partial charge in [0.05, 0.1) is 16.8 Å². The summed E-state index contributed by atoms with van der Waals surface area (Å²) in [5.41, 5.74) is -1.08. The van der Waals surface area contributed by atoms with Crippen molar-refractivity contribution >= 4 is 11.6 Å². The van der Waals surface area contributed by atoms with Gasteiger partial charge in [-0.25, -0.2) is 9.97 Å². The maximum atomic E-state index is 12.9. The smallest absolute Gasteiger partial charge is 0.416 e. The second-order valence-electron chi connectivity index (χ2n) is 5.69. The zero-order valence-electron chi connectivity index (χ0n) is 14.5. The molecule has 3 rings (SSSR count). The number of carbonyl (C=O) groups is 1. The first-order valence-electron chi connectivity index (χ1n) is 8.08. The number of hydrogen-bond donors (Lipinski definition) is 1. The number of hydrogen-bond acceptors (Lipinski definition) is 4. The lowest BCUT2D eigenvalue weighted by Crippen LogP contribution is -2.15. The highest BCUT2D eigenvalue weighted by Crippen LogP contribution is 2.33. The number of ether oxygens (including phenoxy) is 1. The molecule has 0 spiro atoms. The molecular weight excluding hydrogens is 397 g/mol. The minimum absolute atomic E-state index is 0.0132. The second-order valence-corrected chi connectivity index (χ2v) is 5.69. The van der Waals surface area contributed by atoms with E-state index >= 15 is 0 Å². The van der Waals surface area contributed by atoms with Crippen LogP contribution in [0.15, 0.2) is 61.1 Å². The molecular formula is C19H12F5N3O2. The predicted molar refractivity (Wildman–Crippen MR) is 93.5 cm³/mol. The van der Waals surface area contributed by atoms with Crippen molar-refractivity contribution in [2.75, 3.05) is 5.32 Å². The quantitative estimate of drug-likeness (QED) is 0.602. The molecule has 1 N–H and O–H groups in total. The van der Waals surface area contributed by atoms with E-state index in [9.17, 15) is 26.7 Å². The van der Waals surface area contributed by atoms with Crippen molar-refractivity contribution < 1.29 is 31.5 Å². The van der Waals surface area contributed by atoms with E-state index in [1.54, 1.807) is 0 Å². The summed E-state index contributed by atoms with van der Waals surface area (Å²) in [4.78, 5) is 20.3. The van der Waals surface area contributed by atoms with Gasteiger partial charge in [-0.1, -0.05) is 18.2 Å². The van der Waals surface area contributed by atoms with Crippen LogP contribution in [0.25, 0.3) is 11.3 Å². The van der Waals surface area contributed by atoms with Crippen molar-refractivity contribution in [2.45, 2.75) is 12.8 Å². The number of nitrogens with one attached hydrogen (secondary N) is 1. The minimum atomic E-state index is -4.58. The third-order valence-electron chi connectivity index (χ3n) is 3.76. The number of alkyl halides is 5. The molecule has 3 aromatic rings. The molecule has 0 aliphatic carbocycles. The molecule has 0 saturated carbocycles. The lowest BCUT2D eigenvalue weighted by Gasteiger charge is -2.13. The molecule has 0 aliphatic heterocycles. The Kier molecular flexibility index (Phi) is 5.71. The topological polar surface area (TPSA) is 64.1 Å². The summed E-state index contributed by atoms with van der Waals surface area (Å²) in [5, 5.41) is 2.33. The van der Waals surface area contributed by atoms with Gasteiger partial charge < -0.3 is 10.1 Å². The first-order chi connectivity index (χ1) is 13.8. The van der Waals surface area contributed by atoms with E-state index in [1.807, 2.05) is 0 Å². The van der Waals surface area contributed by atoms with Crippen LogP contribution >= 0.6 is 0 Å². The fourth-order valence-corrected chi connectivity index (χ4v) is 2.54. The highest BCUT2D eigenvalue weighted by atomic mass is 19.4. The molecule has 2 aromatic carbocycles. The van der Waals surface area contributed by atoms with E-state index in [0.29, 0.717) is 0 Å². The van der Waals surface area contributed by atoms with E-state index in [4.69, 9.17) is 0 Å². The second kappa shape index (κ2) is 8.21. The van der Waals surface area contributed by atoms with Gasteiger partial charge in [-0.15, -0.1) is 0 Å². The largest absolute Gasteiger partial charge is 0.434 e. The Morgan fingerprint density at radius 2 is 1.83 bits per heavy atom. The lowest BCUT2D eigenvalue weighted by molar-refractivity contribution is -0.137. The van der Waals surface area contributed by atoms with Crippen LogP contribution in [0.5, 0.6) is 5.75 Å². The fraction of sp³-hybridized carbons (Fsp3) is 0.105. The molecule has 1 heterocycles. The van der Waals surface area contributed by atoms with Gasteiger partial charge in [0.2, 0.25) is 0 Å². The summed E-state index contributed by atoms with van der Waals surface area (Å²) in [5.74, 6) is -1.03. The molecule has 0 bridgehead atoms. The van der Waals surface area contributed by atoms with Gasteiger partial charge in [0.25, 0.3) is 5.91 Å². The third kappa shape index (κ3) is 4.84. The Bertz CT molecular complexity index is 1020. The predicted octanol–water partition coefficient (Wildman–Crippen LogP) is 5.02. The Balaban J connectivity index is 1.95. The monoisotopic (exact) mass is 409 g/mol. The maximum absolute atomic E-state index is 12.9. The van der Waals surface area contributed by atoms with Crippen LogP contribution in [0.4, 0.5) is 27.6 Å². The van der Waals surface area contributed by atoms with Gasteiger partial charge in [-0.3, -0.25) is 4.79 Å². The van der Waals surface area contributed by atoms with Gasteiger partial charge in [0, 0.05) is 17.4 Å². The summed E-state index contributed by atoms with van der Waals surface area (Å²) >= 11 is 0. The molecule has 5 nitrogen and oxygen atoms in total. The first-order valence-corrected chi connectivity index (χ1v) is 8.08. The zero-order chi connectivity index (χ0) is 21.0. The molecule has 0 saturated heterocycles. The summed E-state index contributed by atoms with van der Waals surface area (Å²) in [6.07, 6.45) is -2.34. The number of carbonyl (C=O) groups excluding carboxylic acids is 1. The van der Waals surface area contributed by atoms with Crippen LogP contribution in [0, 0.1) is 0 Å². The highest BCUT2D eigenvalue weighted by Gasteiger charge is 2.30. The summed E-state index contributed by atoms with van der Waals surface area (Å²) < 4.78 is 68.4. The number of halogens is 5. The normalized spacial score (nSPS) is 11.4. The molecule has 0 aliphatic rings. The molecule has 10 heteroatoms. The van der Waals surface area contributed by atoms with E-state index in [0.717, 1.165) is 30.7 Å². The number of anilines is 1. The van der Waals surface area contributed by atoms with Crippen molar-refractivity contribution in [3.8, 4) is 17.0 Å². The molecule has 150 valence electrons. The molecule has 29 heavy (non-hydrogen) atoms. The average Bonchev–Trinajstić information content (AvgIpc) is 2.67. The summed E-state index contributed by atoms with van der Waals surface area (Å²) in [6.45, 7) is -3.10. The third-order valence-corrected chi connectivity index (χ3v) is 3.76. The molecule has 0 radical (unpaired) electrons. The van der Waals surface area contributed by atoms with Crippen molar-refractivity contribution in [1.82, 2.24) is 9.97 Å². The van der Waals surface area contributed by atoms with Gasteiger partial charge >= 0.3 is 12.8 Å². The molecule has 0 atom stereocenters. The molecule has 1 aromatic heterocycles. The van der Waals surface area contributed by atoms with Crippen molar-refractivity contribution in [3.63, 3.8) is 0 Å². The zero-order valence-corrected chi connectivity index (χ0v) is 14.5. The SMILES string of the molecule is O=C(Nc1cccc(C(F)(F)F)c1)c1cncnc1-c1ccccc1OC(F)F. The van der Waals surface area contributed by atoms with E-state index in [-0.39, 0.29) is 28.3 Å². The Labute approximate surface area is 161 Å². The van der Waals surface area contributed by atoms with Gasteiger partial charge in [-0.05, 0) is 30.3 Å². The Morgan fingerprint density at radius 3 is 2.55 bits per heavy atom. The van der Waals surface area contributed by atoms with Crippen molar-refractivity contribution in [3.05, 3.63) is 72.2 Å². The van der Waals surface area contributed by atoms with Crippen molar-refractivity contribution in [1.29, 1.82) is 0 Å². The van der Waals surface area contributed by atoms with Crippen LogP contribution < -0.4 is 10.1 Å². The number of nitrogens with zero attached hydrogens (tertiary/aromatic N) is 2. The first kappa shape index (κ1) is 20.2. The number of rotatable bonds is 5. The van der Waals surface area contributed by atoms with E-state index < -0.39 is 24.3 Å². The Hall–Kier alpha value is -3.56. The maximum Gasteiger partial charge on any atom is 0.416 e. The Morgan fingerprint density at radius 1 is 1.07 bits per heavy atom. The van der Waals surface area contributed by atoms with E-state index in [2.05, 4.69) is 20.0 Å².